The van der Waals surface area contributed by atoms with Gasteiger partial charge in [0.25, 0.3) is 0 Å². The van der Waals surface area contributed by atoms with E-state index in [4.69, 9.17) is 4.74 Å². The Hall–Kier alpha value is -2.60. The minimum Gasteiger partial charge on any atom is -0.508 e. The highest BCUT2D eigenvalue weighted by Crippen LogP contribution is 2.77. The van der Waals surface area contributed by atoms with Gasteiger partial charge in [-0.2, -0.15) is 0 Å². The molecule has 0 amide bonds. The molecule has 5 aliphatic carbocycles. The van der Waals surface area contributed by atoms with Crippen LogP contribution in [0.25, 0.3) is 6.08 Å². The number of ether oxygens (including phenoxy) is 1. The normalized spacial score (nSPS) is 45.1. The Morgan fingerprint density at radius 2 is 1.62 bits per heavy atom. The van der Waals surface area contributed by atoms with Crippen LogP contribution in [-0.2, 0) is 14.3 Å². The van der Waals surface area contributed by atoms with Crippen molar-refractivity contribution in [1.29, 1.82) is 0 Å². The summed E-state index contributed by atoms with van der Waals surface area (Å²) in [5, 5.41) is 31.7. The summed E-state index contributed by atoms with van der Waals surface area (Å²) in [6.45, 7) is 18.1. The maximum atomic E-state index is 13.7. The maximum absolute atomic E-state index is 13.7. The van der Waals surface area contributed by atoms with Crippen molar-refractivity contribution in [1.82, 2.24) is 0 Å². The molecule has 0 radical (unpaired) electrons. The molecular formula is C39H54O6. The van der Waals surface area contributed by atoms with Gasteiger partial charge in [-0.05, 0) is 134 Å². The smallest absolute Gasteiger partial charge is 0.331 e. The van der Waals surface area contributed by atoms with Crippen LogP contribution in [0.2, 0.25) is 0 Å². The number of aliphatic hydroxyl groups excluding tert-OH is 1. The summed E-state index contributed by atoms with van der Waals surface area (Å²) in [7, 11) is 0. The maximum Gasteiger partial charge on any atom is 0.331 e. The number of allylic oxidation sites excluding steroid dienone is 1. The Labute approximate surface area is 269 Å². The number of aromatic hydroxyl groups is 1. The van der Waals surface area contributed by atoms with Crippen molar-refractivity contribution >= 4 is 18.0 Å². The number of carboxylic acids is 1. The molecule has 0 bridgehead atoms. The Morgan fingerprint density at radius 3 is 2.27 bits per heavy atom. The molecule has 6 heteroatoms. The van der Waals surface area contributed by atoms with Crippen LogP contribution in [-0.4, -0.2) is 39.5 Å². The average molecular weight is 619 g/mol. The number of aliphatic hydroxyl groups is 1. The van der Waals surface area contributed by atoms with E-state index in [9.17, 15) is 24.9 Å². The molecule has 11 atom stereocenters. The number of esters is 1. The van der Waals surface area contributed by atoms with E-state index in [1.54, 1.807) is 30.3 Å². The molecule has 0 aromatic heterocycles. The zero-order valence-corrected chi connectivity index (χ0v) is 28.1. The second-order valence-electron chi connectivity index (χ2n) is 16.9. The molecule has 1 aromatic rings. The lowest BCUT2D eigenvalue weighted by Gasteiger charge is -2.73. The van der Waals surface area contributed by atoms with Crippen LogP contribution in [0.15, 0.2) is 42.5 Å². The van der Waals surface area contributed by atoms with Gasteiger partial charge in [0.1, 0.15) is 11.9 Å². The lowest BCUT2D eigenvalue weighted by atomic mass is 9.31. The molecule has 5 aliphatic rings. The number of rotatable bonds is 5. The van der Waals surface area contributed by atoms with E-state index >= 15 is 0 Å². The predicted molar refractivity (Wildman–Crippen MR) is 175 cm³/mol. The molecular weight excluding hydrogens is 564 g/mol. The molecule has 1 aromatic carbocycles. The fourth-order valence-corrected chi connectivity index (χ4v) is 12.5. The van der Waals surface area contributed by atoms with Crippen molar-refractivity contribution in [2.75, 3.05) is 0 Å². The van der Waals surface area contributed by atoms with E-state index in [0.717, 1.165) is 49.7 Å². The number of carboxylic acid groups (broad SMARTS) is 1. The second-order valence-corrected chi connectivity index (χ2v) is 16.9. The van der Waals surface area contributed by atoms with Crippen LogP contribution in [0.5, 0.6) is 5.75 Å². The van der Waals surface area contributed by atoms with Gasteiger partial charge in [0.15, 0.2) is 0 Å². The minimum atomic E-state index is -0.714. The monoisotopic (exact) mass is 618 g/mol. The summed E-state index contributed by atoms with van der Waals surface area (Å²) in [6.07, 6.45) is 9.86. The third kappa shape index (κ3) is 4.51. The van der Waals surface area contributed by atoms with Crippen LogP contribution in [0.4, 0.5) is 0 Å². The fourth-order valence-electron chi connectivity index (χ4n) is 12.5. The van der Waals surface area contributed by atoms with Crippen LogP contribution in [0.3, 0.4) is 0 Å². The van der Waals surface area contributed by atoms with Gasteiger partial charge in [-0.3, -0.25) is 4.79 Å². The zero-order chi connectivity index (χ0) is 32.7. The molecule has 0 aliphatic heterocycles. The summed E-state index contributed by atoms with van der Waals surface area (Å²) in [4.78, 5) is 26.7. The van der Waals surface area contributed by atoms with E-state index in [1.807, 2.05) is 0 Å². The molecule has 11 unspecified atom stereocenters. The predicted octanol–water partition coefficient (Wildman–Crippen LogP) is 8.03. The van der Waals surface area contributed by atoms with E-state index < -0.39 is 17.5 Å². The zero-order valence-electron chi connectivity index (χ0n) is 28.1. The number of phenols is 1. The van der Waals surface area contributed by atoms with Gasteiger partial charge in [0, 0.05) is 11.5 Å². The van der Waals surface area contributed by atoms with E-state index in [1.165, 1.54) is 6.08 Å². The summed E-state index contributed by atoms with van der Waals surface area (Å²) >= 11 is 0. The first-order valence-electron chi connectivity index (χ1n) is 17.3. The lowest BCUT2D eigenvalue weighted by molar-refractivity contribution is -0.285. The van der Waals surface area contributed by atoms with Gasteiger partial charge in [0.2, 0.25) is 0 Å². The quantitative estimate of drug-likeness (QED) is 0.175. The van der Waals surface area contributed by atoms with Gasteiger partial charge >= 0.3 is 11.9 Å². The highest BCUT2D eigenvalue weighted by Gasteiger charge is 2.74. The number of carbonyl (C=O) groups excluding carboxylic acids is 1. The number of hydrogen-bond donors (Lipinski definition) is 3. The number of aliphatic carboxylic acids is 1. The molecule has 5 saturated carbocycles. The van der Waals surface area contributed by atoms with Crippen molar-refractivity contribution in [3.63, 3.8) is 0 Å². The Balaban J connectivity index is 1.43. The lowest BCUT2D eigenvalue weighted by Crippen LogP contribution is -2.71. The van der Waals surface area contributed by atoms with Crippen molar-refractivity contribution in [2.24, 2.45) is 56.7 Å². The van der Waals surface area contributed by atoms with E-state index in [0.29, 0.717) is 19.3 Å². The summed E-state index contributed by atoms with van der Waals surface area (Å²) in [5.41, 5.74) is 0.248. The number of phenolic OH excluding ortho intramolecular Hbond substituents is 1. The van der Waals surface area contributed by atoms with Gasteiger partial charge < -0.3 is 20.1 Å². The first kappa shape index (κ1) is 32.3. The standard InChI is InChI=1S/C39H54O6/c1-23(2)26-16-19-39(34(43)44)21-20-37(6)27(33(26)39)13-14-28-36(5)18-17-30(41)35(3,4)29(36)22-31(38(28,37)7)45-32(42)15-10-24-8-11-25(40)12-9-24/h8-12,15,26-31,33,40-41H,1,13-14,16-22H2,2-7H3,(H,43,44). The molecule has 45 heavy (non-hydrogen) atoms. The molecule has 0 saturated heterocycles. The van der Waals surface area contributed by atoms with Crippen LogP contribution >= 0.6 is 0 Å². The molecule has 5 fully saturated rings. The number of fused-ring (bicyclic) bond motifs is 7. The third-order valence-corrected chi connectivity index (χ3v) is 15.1. The molecule has 6 nitrogen and oxygen atoms in total. The fraction of sp³-hybridized carbons (Fsp3) is 0.692. The number of benzene rings is 1. The Bertz CT molecular complexity index is 1390. The largest absolute Gasteiger partial charge is 0.508 e. The number of hydrogen-bond acceptors (Lipinski definition) is 5. The van der Waals surface area contributed by atoms with Crippen LogP contribution in [0.1, 0.15) is 105 Å². The molecule has 246 valence electrons. The molecule has 3 N–H and O–H groups in total. The highest BCUT2D eigenvalue weighted by atomic mass is 16.5. The first-order valence-corrected chi connectivity index (χ1v) is 17.3. The second kappa shape index (κ2) is 10.7. The van der Waals surface area contributed by atoms with Gasteiger partial charge in [-0.15, -0.1) is 0 Å². The topological polar surface area (TPSA) is 104 Å². The van der Waals surface area contributed by atoms with Gasteiger partial charge in [-0.25, -0.2) is 4.79 Å². The van der Waals surface area contributed by atoms with Crippen molar-refractivity contribution in [2.45, 2.75) is 112 Å². The minimum absolute atomic E-state index is 0.0268. The van der Waals surface area contributed by atoms with Gasteiger partial charge in [-0.1, -0.05) is 58.9 Å². The number of carbonyl (C=O) groups is 2. The Morgan fingerprint density at radius 1 is 0.933 bits per heavy atom. The SMILES string of the molecule is C=C(C)C1CCC2(C(=O)O)CCC3(C)C(CCC4C5(C)CCC(O)C(C)(C)C5CC(OC(=O)C=Cc5ccc(O)cc5)C43C)C12. The summed E-state index contributed by atoms with van der Waals surface area (Å²) in [5.74, 6) is 0.0240. The first-order chi connectivity index (χ1) is 21.0. The summed E-state index contributed by atoms with van der Waals surface area (Å²) < 4.78 is 6.61. The van der Waals surface area contributed by atoms with E-state index in [-0.39, 0.29) is 69.1 Å². The Kier molecular flexibility index (Phi) is 7.70. The van der Waals surface area contributed by atoms with Crippen LogP contribution < -0.4 is 0 Å². The van der Waals surface area contributed by atoms with Crippen LogP contribution in [0, 0.1) is 56.7 Å². The molecule has 0 spiro atoms. The molecule has 0 heterocycles. The third-order valence-electron chi connectivity index (χ3n) is 15.1. The molecule has 6 rings (SSSR count). The van der Waals surface area contributed by atoms with Crippen molar-refractivity contribution in [3.8, 4) is 5.75 Å². The van der Waals surface area contributed by atoms with E-state index in [2.05, 4.69) is 48.1 Å². The summed E-state index contributed by atoms with van der Waals surface area (Å²) in [6, 6.07) is 6.72. The van der Waals surface area contributed by atoms with Crippen molar-refractivity contribution in [3.05, 3.63) is 48.1 Å². The average Bonchev–Trinajstić information content (AvgIpc) is 3.38. The highest BCUT2D eigenvalue weighted by molar-refractivity contribution is 5.87. The van der Waals surface area contributed by atoms with Gasteiger partial charge in [0.05, 0.1) is 11.5 Å². The van der Waals surface area contributed by atoms with Crippen molar-refractivity contribution < 1.29 is 29.6 Å².